The second-order valence-electron chi connectivity index (χ2n) is 5.17. The second-order valence-corrected chi connectivity index (χ2v) is 6.12. The van der Waals surface area contributed by atoms with Crippen LogP contribution in [-0.2, 0) is 24.2 Å². The second kappa shape index (κ2) is 6.27. The first kappa shape index (κ1) is 14.7. The van der Waals surface area contributed by atoms with E-state index in [2.05, 4.69) is 22.2 Å². The Morgan fingerprint density at radius 1 is 1.45 bits per heavy atom. The fourth-order valence-electron chi connectivity index (χ4n) is 2.34. The van der Waals surface area contributed by atoms with E-state index in [4.69, 9.17) is 0 Å². The van der Waals surface area contributed by atoms with Crippen LogP contribution in [0.25, 0.3) is 5.65 Å². The molecule has 0 fully saturated rings. The molecule has 0 saturated carbocycles. The number of rotatable bonds is 5. The molecule has 0 atom stereocenters. The number of carbonyl (C=O) groups excluding carboxylic acids is 1. The van der Waals surface area contributed by atoms with Gasteiger partial charge in [0, 0.05) is 17.8 Å². The van der Waals surface area contributed by atoms with Gasteiger partial charge in [-0.3, -0.25) is 4.79 Å². The molecule has 0 spiro atoms. The van der Waals surface area contributed by atoms with Gasteiger partial charge < -0.3 is 9.72 Å². The fourth-order valence-corrected chi connectivity index (χ4v) is 3.09. The number of amides is 1. The lowest BCUT2D eigenvalue weighted by Crippen LogP contribution is -2.25. The Morgan fingerprint density at radius 3 is 3.09 bits per heavy atom. The number of nitrogens with one attached hydrogen (secondary N) is 1. The van der Waals surface area contributed by atoms with Crippen LogP contribution in [0.3, 0.4) is 0 Å². The SMILES string of the molecule is CCc1nc(CNC(=O)Cc2cnc3c(C)cccn23)cs1. The van der Waals surface area contributed by atoms with Crippen LogP contribution in [0.5, 0.6) is 0 Å². The maximum absolute atomic E-state index is 12.1. The Morgan fingerprint density at radius 2 is 2.32 bits per heavy atom. The van der Waals surface area contributed by atoms with Crippen LogP contribution in [-0.4, -0.2) is 20.3 Å². The maximum atomic E-state index is 12.1. The monoisotopic (exact) mass is 314 g/mol. The minimum atomic E-state index is -0.0191. The van der Waals surface area contributed by atoms with E-state index in [0.29, 0.717) is 13.0 Å². The van der Waals surface area contributed by atoms with E-state index in [1.165, 1.54) is 0 Å². The Bertz CT molecular complexity index is 805. The quantitative estimate of drug-likeness (QED) is 0.787. The van der Waals surface area contributed by atoms with Gasteiger partial charge in [0.2, 0.25) is 5.91 Å². The molecular formula is C16H18N4OS. The zero-order valence-corrected chi connectivity index (χ0v) is 13.5. The summed E-state index contributed by atoms with van der Waals surface area (Å²) in [6, 6.07) is 3.98. The number of thiazole rings is 1. The fraction of sp³-hybridized carbons (Fsp3) is 0.312. The molecule has 0 aliphatic carbocycles. The molecule has 0 saturated heterocycles. The number of pyridine rings is 1. The summed E-state index contributed by atoms with van der Waals surface area (Å²) in [6.45, 7) is 4.57. The van der Waals surface area contributed by atoms with Gasteiger partial charge in [-0.25, -0.2) is 9.97 Å². The summed E-state index contributed by atoms with van der Waals surface area (Å²) in [4.78, 5) is 20.9. The van der Waals surface area contributed by atoms with Crippen LogP contribution in [0.15, 0.2) is 29.9 Å². The van der Waals surface area contributed by atoms with Gasteiger partial charge in [0.25, 0.3) is 0 Å². The molecule has 3 aromatic heterocycles. The first-order valence-corrected chi connectivity index (χ1v) is 8.17. The number of fused-ring (bicyclic) bond motifs is 1. The molecule has 3 aromatic rings. The number of hydrogen-bond donors (Lipinski definition) is 1. The smallest absolute Gasteiger partial charge is 0.226 e. The highest BCUT2D eigenvalue weighted by atomic mass is 32.1. The lowest BCUT2D eigenvalue weighted by molar-refractivity contribution is -0.120. The van der Waals surface area contributed by atoms with Crippen LogP contribution in [0.1, 0.15) is 28.9 Å². The largest absolute Gasteiger partial charge is 0.350 e. The highest BCUT2D eigenvalue weighted by Crippen LogP contribution is 2.12. The van der Waals surface area contributed by atoms with Crippen LogP contribution < -0.4 is 5.32 Å². The van der Waals surface area contributed by atoms with Crippen LogP contribution in [0.2, 0.25) is 0 Å². The van der Waals surface area contributed by atoms with Crippen LogP contribution in [0, 0.1) is 6.92 Å². The average molecular weight is 314 g/mol. The zero-order valence-electron chi connectivity index (χ0n) is 12.7. The summed E-state index contributed by atoms with van der Waals surface area (Å²) in [7, 11) is 0. The van der Waals surface area contributed by atoms with Gasteiger partial charge in [-0.1, -0.05) is 13.0 Å². The number of nitrogens with zero attached hydrogens (tertiary/aromatic N) is 3. The molecule has 6 heteroatoms. The van der Waals surface area contributed by atoms with Gasteiger partial charge in [0.1, 0.15) is 5.65 Å². The van der Waals surface area contributed by atoms with Crippen molar-refractivity contribution in [2.45, 2.75) is 33.2 Å². The van der Waals surface area contributed by atoms with E-state index < -0.39 is 0 Å². The number of aromatic nitrogens is 3. The van der Waals surface area contributed by atoms with E-state index >= 15 is 0 Å². The zero-order chi connectivity index (χ0) is 15.5. The third-order valence-corrected chi connectivity index (χ3v) is 4.56. The van der Waals surface area contributed by atoms with E-state index in [1.54, 1.807) is 17.5 Å². The molecule has 22 heavy (non-hydrogen) atoms. The molecular weight excluding hydrogens is 296 g/mol. The van der Waals surface area contributed by atoms with Crippen LogP contribution >= 0.6 is 11.3 Å². The Balaban J connectivity index is 1.64. The van der Waals surface area contributed by atoms with Crippen molar-refractivity contribution in [3.8, 4) is 0 Å². The molecule has 1 amide bonds. The average Bonchev–Trinajstić information content (AvgIpc) is 3.13. The predicted molar refractivity (Wildman–Crippen MR) is 87.0 cm³/mol. The van der Waals surface area contributed by atoms with Gasteiger partial charge in [-0.05, 0) is 25.0 Å². The van der Waals surface area contributed by atoms with Crippen molar-refractivity contribution in [3.05, 3.63) is 51.9 Å². The summed E-state index contributed by atoms with van der Waals surface area (Å²) >= 11 is 1.63. The lowest BCUT2D eigenvalue weighted by Gasteiger charge is -2.04. The van der Waals surface area contributed by atoms with Crippen molar-refractivity contribution >= 4 is 22.9 Å². The summed E-state index contributed by atoms with van der Waals surface area (Å²) in [5.41, 5.74) is 3.81. The summed E-state index contributed by atoms with van der Waals surface area (Å²) in [5.74, 6) is -0.0191. The molecule has 5 nitrogen and oxygen atoms in total. The number of carbonyl (C=O) groups is 1. The summed E-state index contributed by atoms with van der Waals surface area (Å²) < 4.78 is 1.97. The standard InChI is InChI=1S/C16H18N4OS/c1-3-15-19-12(10-22-15)8-17-14(21)7-13-9-18-16-11(2)5-4-6-20(13)16/h4-6,9-10H,3,7-8H2,1-2H3,(H,17,21). The molecule has 0 aromatic carbocycles. The third-order valence-electron chi connectivity index (χ3n) is 3.52. The maximum Gasteiger partial charge on any atom is 0.226 e. The Kier molecular flexibility index (Phi) is 4.20. The summed E-state index contributed by atoms with van der Waals surface area (Å²) in [6.07, 6.45) is 4.95. The highest BCUT2D eigenvalue weighted by Gasteiger charge is 2.10. The van der Waals surface area contributed by atoms with Gasteiger partial charge in [0.15, 0.2) is 0 Å². The molecule has 0 aliphatic rings. The number of aryl methyl sites for hydroxylation is 2. The van der Waals surface area contributed by atoms with E-state index in [0.717, 1.165) is 34.0 Å². The van der Waals surface area contributed by atoms with Crippen molar-refractivity contribution in [1.82, 2.24) is 19.7 Å². The third kappa shape index (κ3) is 3.01. The minimum absolute atomic E-state index is 0.0191. The van der Waals surface area contributed by atoms with Crippen molar-refractivity contribution in [1.29, 1.82) is 0 Å². The Hall–Kier alpha value is -2.21. The molecule has 0 radical (unpaired) electrons. The predicted octanol–water partition coefficient (Wildman–Crippen LogP) is 2.52. The van der Waals surface area contributed by atoms with E-state index in [-0.39, 0.29) is 5.91 Å². The topological polar surface area (TPSA) is 59.3 Å². The molecule has 3 heterocycles. The van der Waals surface area contributed by atoms with Crippen LogP contribution in [0.4, 0.5) is 0 Å². The van der Waals surface area contributed by atoms with Gasteiger partial charge in [0.05, 0.1) is 29.4 Å². The highest BCUT2D eigenvalue weighted by molar-refractivity contribution is 7.09. The molecule has 1 N–H and O–H groups in total. The van der Waals surface area contributed by atoms with Gasteiger partial charge in [-0.2, -0.15) is 0 Å². The molecule has 3 rings (SSSR count). The number of hydrogen-bond acceptors (Lipinski definition) is 4. The van der Waals surface area contributed by atoms with E-state index in [9.17, 15) is 4.79 Å². The summed E-state index contributed by atoms with van der Waals surface area (Å²) in [5, 5.41) is 6.01. The number of imidazole rings is 1. The Labute approximate surface area is 133 Å². The van der Waals surface area contributed by atoms with Crippen molar-refractivity contribution in [3.63, 3.8) is 0 Å². The lowest BCUT2D eigenvalue weighted by atomic mass is 10.3. The van der Waals surface area contributed by atoms with E-state index in [1.807, 2.05) is 35.0 Å². The molecule has 0 bridgehead atoms. The normalized spacial score (nSPS) is 11.0. The van der Waals surface area contributed by atoms with Gasteiger partial charge in [-0.15, -0.1) is 11.3 Å². The first-order valence-electron chi connectivity index (χ1n) is 7.29. The molecule has 0 aliphatic heterocycles. The first-order chi connectivity index (χ1) is 10.7. The van der Waals surface area contributed by atoms with Crippen molar-refractivity contribution in [2.75, 3.05) is 0 Å². The molecule has 0 unspecified atom stereocenters. The molecule has 114 valence electrons. The van der Waals surface area contributed by atoms with Gasteiger partial charge >= 0.3 is 0 Å². The minimum Gasteiger partial charge on any atom is -0.350 e. The van der Waals surface area contributed by atoms with Crippen molar-refractivity contribution < 1.29 is 4.79 Å². The van der Waals surface area contributed by atoms with Crippen molar-refractivity contribution in [2.24, 2.45) is 0 Å².